The highest BCUT2D eigenvalue weighted by molar-refractivity contribution is 5.92. The number of carbonyl (C=O) groups excluding carboxylic acids is 2. The van der Waals surface area contributed by atoms with Gasteiger partial charge in [0.25, 0.3) is 0 Å². The Morgan fingerprint density at radius 2 is 1.64 bits per heavy atom. The summed E-state index contributed by atoms with van der Waals surface area (Å²) in [4.78, 5) is 25.0. The maximum Gasteiger partial charge on any atom is 0.245 e. The van der Waals surface area contributed by atoms with E-state index in [0.717, 1.165) is 35.6 Å². The smallest absolute Gasteiger partial charge is 0.245 e. The van der Waals surface area contributed by atoms with E-state index >= 15 is 0 Å². The number of amides is 2. The van der Waals surface area contributed by atoms with Gasteiger partial charge in [0.2, 0.25) is 11.8 Å². The van der Waals surface area contributed by atoms with E-state index in [9.17, 15) is 9.59 Å². The van der Waals surface area contributed by atoms with E-state index in [0.29, 0.717) is 6.42 Å². The van der Waals surface area contributed by atoms with Gasteiger partial charge in [-0.05, 0) is 43.5 Å². The fourth-order valence-corrected chi connectivity index (χ4v) is 3.44. The normalized spacial score (nSPS) is 12.6. The molecule has 0 aliphatic rings. The second-order valence-corrected chi connectivity index (χ2v) is 8.10. The highest BCUT2D eigenvalue weighted by Gasteiger charge is 2.30. The third-order valence-corrected chi connectivity index (χ3v) is 5.16. The second-order valence-electron chi connectivity index (χ2n) is 8.10. The maximum atomic E-state index is 12.8. The molecule has 0 radical (unpaired) electrons. The van der Waals surface area contributed by atoms with Crippen molar-refractivity contribution in [1.82, 2.24) is 10.6 Å². The van der Waals surface area contributed by atoms with Gasteiger partial charge in [-0.3, -0.25) is 9.59 Å². The van der Waals surface area contributed by atoms with Gasteiger partial charge >= 0.3 is 0 Å². The van der Waals surface area contributed by atoms with Gasteiger partial charge < -0.3 is 10.6 Å². The van der Waals surface area contributed by atoms with E-state index in [4.69, 9.17) is 0 Å². The van der Waals surface area contributed by atoms with Crippen molar-refractivity contribution in [2.75, 3.05) is 0 Å². The average Bonchev–Trinajstić information content (AvgIpc) is 2.66. The lowest BCUT2D eigenvalue weighted by Crippen LogP contribution is -2.55. The Morgan fingerprint density at radius 1 is 0.964 bits per heavy atom. The number of rotatable bonds is 10. The molecule has 0 aliphatic carbocycles. The molecule has 2 rings (SSSR count). The van der Waals surface area contributed by atoms with Gasteiger partial charge in [-0.15, -0.1) is 0 Å². The second kappa shape index (κ2) is 10.3. The average molecular weight is 383 g/mol. The van der Waals surface area contributed by atoms with Gasteiger partial charge in [0.15, 0.2) is 0 Å². The largest absolute Gasteiger partial charge is 0.348 e. The minimum atomic E-state index is -0.945. The lowest BCUT2D eigenvalue weighted by atomic mass is 9.98. The van der Waals surface area contributed by atoms with Crippen molar-refractivity contribution in [2.24, 2.45) is 0 Å². The van der Waals surface area contributed by atoms with Crippen molar-refractivity contribution in [3.05, 3.63) is 48.0 Å². The third-order valence-electron chi connectivity index (χ3n) is 5.16. The molecule has 4 heteroatoms. The van der Waals surface area contributed by atoms with Gasteiger partial charge in [0.05, 0.1) is 6.04 Å². The fraction of sp³-hybridized carbons (Fsp3) is 0.500. The minimum Gasteiger partial charge on any atom is -0.348 e. The molecule has 152 valence electrons. The van der Waals surface area contributed by atoms with E-state index in [1.54, 1.807) is 13.8 Å². The van der Waals surface area contributed by atoms with Crippen molar-refractivity contribution in [2.45, 2.75) is 77.8 Å². The van der Waals surface area contributed by atoms with Crippen LogP contribution in [0.25, 0.3) is 10.8 Å². The van der Waals surface area contributed by atoms with E-state index in [1.165, 1.54) is 12.8 Å². The van der Waals surface area contributed by atoms with Crippen LogP contribution in [-0.2, 0) is 9.59 Å². The summed E-state index contributed by atoms with van der Waals surface area (Å²) >= 11 is 0. The lowest BCUT2D eigenvalue weighted by molar-refractivity contribution is -0.132. The predicted octanol–water partition coefficient (Wildman–Crippen LogP) is 5.27. The topological polar surface area (TPSA) is 58.2 Å². The number of fused-ring (bicyclic) bond motifs is 1. The molecule has 0 aromatic heterocycles. The van der Waals surface area contributed by atoms with Crippen LogP contribution in [0.4, 0.5) is 0 Å². The number of unbranched alkanes of at least 4 members (excludes halogenated alkanes) is 4. The number of benzene rings is 2. The zero-order valence-electron chi connectivity index (χ0n) is 17.7. The lowest BCUT2D eigenvalue weighted by Gasteiger charge is -2.28. The van der Waals surface area contributed by atoms with Crippen molar-refractivity contribution in [1.29, 1.82) is 0 Å². The Hall–Kier alpha value is -2.36. The summed E-state index contributed by atoms with van der Waals surface area (Å²) in [5.41, 5.74) is 0.129. The van der Waals surface area contributed by atoms with E-state index < -0.39 is 5.54 Å². The summed E-state index contributed by atoms with van der Waals surface area (Å²) in [7, 11) is 0. The zero-order valence-corrected chi connectivity index (χ0v) is 17.7. The number of hydrogen-bond acceptors (Lipinski definition) is 2. The first-order chi connectivity index (χ1) is 13.3. The molecule has 0 aliphatic heterocycles. The van der Waals surface area contributed by atoms with E-state index in [1.807, 2.05) is 31.2 Å². The summed E-state index contributed by atoms with van der Waals surface area (Å²) < 4.78 is 0. The molecule has 2 aromatic rings. The number of nitrogens with one attached hydrogen (secondary N) is 2. The summed E-state index contributed by atoms with van der Waals surface area (Å²) in [5, 5.41) is 8.24. The molecule has 28 heavy (non-hydrogen) atoms. The molecule has 2 N–H and O–H groups in total. The first-order valence-corrected chi connectivity index (χ1v) is 10.4. The van der Waals surface area contributed by atoms with Crippen molar-refractivity contribution < 1.29 is 9.59 Å². The van der Waals surface area contributed by atoms with Gasteiger partial charge in [0.1, 0.15) is 5.54 Å². The molecule has 0 bridgehead atoms. The maximum absolute atomic E-state index is 12.8. The van der Waals surface area contributed by atoms with E-state index in [2.05, 4.69) is 35.8 Å². The Labute approximate surface area is 169 Å². The summed E-state index contributed by atoms with van der Waals surface area (Å²) in [6.45, 7) is 7.67. The van der Waals surface area contributed by atoms with Gasteiger partial charge in [-0.2, -0.15) is 0 Å². The van der Waals surface area contributed by atoms with Crippen LogP contribution in [-0.4, -0.2) is 17.4 Å². The van der Waals surface area contributed by atoms with Crippen LogP contribution in [0.1, 0.15) is 77.8 Å². The molecule has 0 saturated heterocycles. The molecule has 4 nitrogen and oxygen atoms in total. The standard InChI is InChI=1S/C24H34N2O2/c1-5-6-7-8-9-17-22(27)26-24(3,4)23(28)25-18(2)20-16-12-14-19-13-10-11-15-21(19)20/h10-16,18H,5-9,17H2,1-4H3,(H,25,28)(H,26,27)/t18-/m1/s1. The van der Waals surface area contributed by atoms with Crippen LogP contribution in [0, 0.1) is 0 Å². The van der Waals surface area contributed by atoms with Crippen LogP contribution in [0.3, 0.4) is 0 Å². The quantitative estimate of drug-likeness (QED) is 0.550. The first kappa shape index (κ1) is 21.9. The summed E-state index contributed by atoms with van der Waals surface area (Å²) in [5.74, 6) is -0.235. The van der Waals surface area contributed by atoms with Crippen LogP contribution < -0.4 is 10.6 Å². The van der Waals surface area contributed by atoms with E-state index in [-0.39, 0.29) is 17.9 Å². The monoisotopic (exact) mass is 382 g/mol. The van der Waals surface area contributed by atoms with Gasteiger partial charge in [-0.25, -0.2) is 0 Å². The van der Waals surface area contributed by atoms with Crippen LogP contribution in [0.2, 0.25) is 0 Å². The summed E-state index contributed by atoms with van der Waals surface area (Å²) in [6.07, 6.45) is 5.97. The molecular formula is C24H34N2O2. The fourth-order valence-electron chi connectivity index (χ4n) is 3.44. The Bertz CT molecular complexity index is 793. The molecule has 0 heterocycles. The zero-order chi connectivity index (χ0) is 20.6. The van der Waals surface area contributed by atoms with Gasteiger partial charge in [0, 0.05) is 6.42 Å². The molecule has 0 saturated carbocycles. The van der Waals surface area contributed by atoms with Gasteiger partial charge in [-0.1, -0.05) is 75.1 Å². The van der Waals surface area contributed by atoms with Crippen molar-refractivity contribution in [3.63, 3.8) is 0 Å². The Kier molecular flexibility index (Phi) is 8.04. The van der Waals surface area contributed by atoms with Crippen LogP contribution in [0.5, 0.6) is 0 Å². The highest BCUT2D eigenvalue weighted by Crippen LogP contribution is 2.24. The summed E-state index contributed by atoms with van der Waals surface area (Å²) in [6, 6.07) is 14.1. The third kappa shape index (κ3) is 6.08. The first-order valence-electron chi connectivity index (χ1n) is 10.4. The Morgan fingerprint density at radius 3 is 2.39 bits per heavy atom. The predicted molar refractivity (Wildman–Crippen MR) is 116 cm³/mol. The molecule has 2 aromatic carbocycles. The molecule has 2 amide bonds. The van der Waals surface area contributed by atoms with Crippen LogP contribution in [0.15, 0.2) is 42.5 Å². The molecule has 1 atom stereocenters. The number of carbonyl (C=O) groups is 2. The molecule has 0 unspecified atom stereocenters. The molecular weight excluding hydrogens is 348 g/mol. The van der Waals surface area contributed by atoms with Crippen LogP contribution >= 0.6 is 0 Å². The number of hydrogen-bond donors (Lipinski definition) is 2. The Balaban J connectivity index is 1.93. The highest BCUT2D eigenvalue weighted by atomic mass is 16.2. The minimum absolute atomic E-state index is 0.0607. The van der Waals surface area contributed by atoms with Crippen molar-refractivity contribution >= 4 is 22.6 Å². The van der Waals surface area contributed by atoms with Crippen molar-refractivity contribution in [3.8, 4) is 0 Å². The SMILES string of the molecule is CCCCCCCC(=O)NC(C)(C)C(=O)N[C@H](C)c1cccc2ccccc12. The molecule has 0 fully saturated rings. The molecule has 0 spiro atoms.